The van der Waals surface area contributed by atoms with E-state index in [-0.39, 0.29) is 27.6 Å². The molecule has 6 aromatic rings. The summed E-state index contributed by atoms with van der Waals surface area (Å²) in [5.41, 5.74) is 2.04. The Morgan fingerprint density at radius 2 is 1.14 bits per heavy atom. The first-order chi connectivity index (χ1) is 26.9. The predicted molar refractivity (Wildman–Crippen MR) is 211 cm³/mol. The number of fused-ring (bicyclic) bond motifs is 2. The second-order valence-corrected chi connectivity index (χ2v) is 11.9. The van der Waals surface area contributed by atoms with Crippen molar-refractivity contribution < 1.29 is 55.4 Å². The molecule has 0 spiro atoms. The van der Waals surface area contributed by atoms with E-state index in [0.29, 0.717) is 62.4 Å². The van der Waals surface area contributed by atoms with Crippen LogP contribution in [-0.2, 0) is 0 Å². The highest BCUT2D eigenvalue weighted by atomic mass is 32.1. The molecule has 0 saturated carbocycles. The highest BCUT2D eigenvalue weighted by Gasteiger charge is 2.29. The summed E-state index contributed by atoms with van der Waals surface area (Å²) in [5, 5.41) is 21.0. The van der Waals surface area contributed by atoms with Gasteiger partial charge in [0, 0.05) is 23.9 Å². The highest BCUT2D eigenvalue weighted by molar-refractivity contribution is 7.81. The van der Waals surface area contributed by atoms with Gasteiger partial charge in [-0.3, -0.25) is 0 Å². The summed E-state index contributed by atoms with van der Waals surface area (Å²) in [7, 11) is 9.19. The second kappa shape index (κ2) is 18.3. The van der Waals surface area contributed by atoms with Crippen LogP contribution in [0.1, 0.15) is 0 Å². The average Bonchev–Trinajstić information content (AvgIpc) is 3.80. The predicted octanol–water partition coefficient (Wildman–Crippen LogP) is 8.27. The van der Waals surface area contributed by atoms with Crippen LogP contribution < -0.4 is 54.4 Å². The number of ether oxygens (including phenoxy) is 7. The fourth-order valence-corrected chi connectivity index (χ4v) is 5.55. The van der Waals surface area contributed by atoms with Crippen LogP contribution in [0.25, 0.3) is 21.9 Å². The average molecular weight is 817 g/mol. The Labute approximate surface area is 328 Å². The molecule has 20 heteroatoms. The molecule has 0 aliphatic carbocycles. The van der Waals surface area contributed by atoms with E-state index in [1.807, 2.05) is 24.3 Å². The molecule has 296 valence electrons. The molecule has 6 rings (SSSR count). The van der Waals surface area contributed by atoms with E-state index in [1.54, 1.807) is 51.7 Å². The van der Waals surface area contributed by atoms with Crippen LogP contribution in [0.2, 0.25) is 0 Å². The van der Waals surface area contributed by atoms with Crippen LogP contribution in [0.4, 0.5) is 36.2 Å². The number of aromatic nitrogens is 2. The molecule has 4 N–H and O–H groups in total. The molecule has 2 aromatic heterocycles. The van der Waals surface area contributed by atoms with E-state index in [2.05, 4.69) is 31.6 Å². The van der Waals surface area contributed by atoms with Crippen LogP contribution in [-0.4, -0.2) is 76.0 Å². The zero-order chi connectivity index (χ0) is 40.4. The minimum atomic E-state index is -4.49. The van der Waals surface area contributed by atoms with Crippen molar-refractivity contribution in [2.24, 2.45) is 0 Å². The van der Waals surface area contributed by atoms with Crippen molar-refractivity contribution in [3.63, 3.8) is 0 Å². The van der Waals surface area contributed by atoms with E-state index in [4.69, 9.17) is 66.6 Å². The summed E-state index contributed by atoms with van der Waals surface area (Å²) < 4.78 is 84.8. The summed E-state index contributed by atoms with van der Waals surface area (Å²) in [5.74, 6) is 3.67. The van der Waals surface area contributed by atoms with Gasteiger partial charge in [-0.25, -0.2) is 0 Å². The Morgan fingerprint density at radius 1 is 0.607 bits per heavy atom. The number of hydrogen-bond donors (Lipinski definition) is 4. The second-order valence-electron chi connectivity index (χ2n) is 11.1. The maximum atomic E-state index is 12.6. The van der Waals surface area contributed by atoms with Crippen molar-refractivity contribution in [3.05, 3.63) is 66.7 Å². The lowest BCUT2D eigenvalue weighted by molar-refractivity contribution is -0.153. The number of methoxy groups -OCH3 is 6. The van der Waals surface area contributed by atoms with E-state index in [0.717, 1.165) is 5.39 Å². The monoisotopic (exact) mass is 816 g/mol. The third-order valence-electron chi connectivity index (χ3n) is 7.57. The van der Waals surface area contributed by atoms with Crippen LogP contribution in [0.5, 0.6) is 40.2 Å². The number of rotatable bonds is 12. The lowest BCUT2D eigenvalue weighted by Gasteiger charge is -2.15. The zero-order valence-corrected chi connectivity index (χ0v) is 32.2. The fraction of sp³-hybridized carbons (Fsp3) is 0.222. The van der Waals surface area contributed by atoms with Crippen molar-refractivity contribution in [3.8, 4) is 40.2 Å². The van der Waals surface area contributed by atoms with Gasteiger partial charge in [0.2, 0.25) is 5.75 Å². The molecule has 4 aromatic carbocycles. The summed E-state index contributed by atoms with van der Waals surface area (Å²) in [6.45, 7) is -1.45. The highest BCUT2D eigenvalue weighted by Crippen LogP contribution is 2.40. The smallest absolute Gasteiger partial charge is 0.422 e. The quantitative estimate of drug-likeness (QED) is 0.0872. The molecule has 0 fully saturated rings. The maximum absolute atomic E-state index is 12.6. The molecule has 2 heterocycles. The van der Waals surface area contributed by atoms with E-state index in [9.17, 15) is 13.2 Å². The standard InChI is InChI=1S/C19H18F3N3O5S.C17H17N3O4S/c1-26-13-7-10(8-14(27-2)16(13)28-3)23-18(31)24-17-15-11(29-9-19(20,21)22)5-4-6-12(15)30-25-17;1-21-10-7-8-11(14(9-10)23-3)18-17(25)19-16-15-12(22-2)5-4-6-13(15)24-20-16/h4-8H,9H2,1-3H3,(H2,23,24,25,31);4-9H,1-3H3,(H2,18,19,20,25). The van der Waals surface area contributed by atoms with Gasteiger partial charge in [0.05, 0.1) is 48.3 Å². The fourth-order valence-electron chi connectivity index (χ4n) is 5.13. The number of thiocarbonyl (C=S) groups is 2. The molecule has 0 saturated heterocycles. The van der Waals surface area contributed by atoms with Gasteiger partial charge in [0.15, 0.2) is 51.1 Å². The normalized spacial score (nSPS) is 10.8. The number of alkyl halides is 3. The van der Waals surface area contributed by atoms with Crippen molar-refractivity contribution in [1.29, 1.82) is 0 Å². The maximum Gasteiger partial charge on any atom is 0.422 e. The molecule has 0 unspecified atom stereocenters. The van der Waals surface area contributed by atoms with Crippen molar-refractivity contribution in [2.45, 2.75) is 6.18 Å². The van der Waals surface area contributed by atoms with E-state index in [1.165, 1.54) is 33.5 Å². The van der Waals surface area contributed by atoms with Gasteiger partial charge in [0.25, 0.3) is 0 Å². The van der Waals surface area contributed by atoms with Gasteiger partial charge >= 0.3 is 6.18 Å². The Bertz CT molecular complexity index is 2290. The number of hydrogen-bond acceptors (Lipinski definition) is 13. The molecule has 0 aliphatic heterocycles. The first-order valence-electron chi connectivity index (χ1n) is 16.1. The largest absolute Gasteiger partial charge is 0.497 e. The summed E-state index contributed by atoms with van der Waals surface area (Å²) >= 11 is 10.7. The van der Waals surface area contributed by atoms with Crippen molar-refractivity contribution in [2.75, 3.05) is 70.5 Å². The lowest BCUT2D eigenvalue weighted by atomic mass is 10.2. The summed E-state index contributed by atoms with van der Waals surface area (Å²) in [4.78, 5) is 0. The Balaban J connectivity index is 0.000000219. The van der Waals surface area contributed by atoms with E-state index < -0.39 is 12.8 Å². The molecule has 56 heavy (non-hydrogen) atoms. The number of nitrogens with zero attached hydrogens (tertiary/aromatic N) is 2. The van der Waals surface area contributed by atoms with Crippen LogP contribution >= 0.6 is 24.4 Å². The topological polar surface area (TPSA) is 165 Å². The van der Waals surface area contributed by atoms with Crippen molar-refractivity contribution in [1.82, 2.24) is 10.3 Å². The van der Waals surface area contributed by atoms with Gasteiger partial charge in [0.1, 0.15) is 33.8 Å². The summed E-state index contributed by atoms with van der Waals surface area (Å²) in [6, 6.07) is 18.5. The van der Waals surface area contributed by atoms with Gasteiger partial charge in [-0.05, 0) is 60.8 Å². The van der Waals surface area contributed by atoms with Gasteiger partial charge in [-0.15, -0.1) is 0 Å². The van der Waals surface area contributed by atoms with Crippen LogP contribution in [0.15, 0.2) is 75.8 Å². The molecular weight excluding hydrogens is 782 g/mol. The van der Waals surface area contributed by atoms with Gasteiger partial charge in [-0.1, -0.05) is 22.4 Å². The number of benzene rings is 4. The van der Waals surface area contributed by atoms with Crippen molar-refractivity contribution >= 4 is 79.6 Å². The first kappa shape index (κ1) is 40.8. The lowest BCUT2D eigenvalue weighted by Crippen LogP contribution is -2.20. The summed E-state index contributed by atoms with van der Waals surface area (Å²) in [6.07, 6.45) is -4.49. The minimum Gasteiger partial charge on any atom is -0.497 e. The number of halogens is 3. The molecule has 0 atom stereocenters. The van der Waals surface area contributed by atoms with Gasteiger partial charge < -0.3 is 63.5 Å². The number of nitrogens with one attached hydrogen (secondary N) is 4. The van der Waals surface area contributed by atoms with Crippen LogP contribution in [0.3, 0.4) is 0 Å². The molecule has 0 radical (unpaired) electrons. The molecule has 0 amide bonds. The Hall–Kier alpha value is -6.41. The molecule has 0 aliphatic rings. The zero-order valence-electron chi connectivity index (χ0n) is 30.6. The molecule has 15 nitrogen and oxygen atoms in total. The molecule has 0 bridgehead atoms. The Kier molecular flexibility index (Phi) is 13.3. The third kappa shape index (κ3) is 9.82. The van der Waals surface area contributed by atoms with Crippen LogP contribution in [0, 0.1) is 0 Å². The van der Waals surface area contributed by atoms with E-state index >= 15 is 0 Å². The number of anilines is 4. The third-order valence-corrected chi connectivity index (χ3v) is 7.98. The minimum absolute atomic E-state index is 0.0471. The Morgan fingerprint density at radius 3 is 1.66 bits per heavy atom. The van der Waals surface area contributed by atoms with Gasteiger partial charge in [-0.2, -0.15) is 13.2 Å². The SMILES string of the molecule is COc1cc(NC(=S)Nc2noc3cccc(OCC(F)(F)F)c23)cc(OC)c1OC.COc1ccc(NC(=S)Nc2noc3cccc(OC)c23)c(OC)c1. The molecular formula is C36H35F3N6O9S2. The first-order valence-corrected chi connectivity index (χ1v) is 16.9.